The van der Waals surface area contributed by atoms with Crippen molar-refractivity contribution < 1.29 is 18.0 Å². The van der Waals surface area contributed by atoms with Crippen molar-refractivity contribution in [3.63, 3.8) is 0 Å². The molecule has 0 aliphatic carbocycles. The Morgan fingerprint density at radius 3 is 2.44 bits per heavy atom. The molecular weight excluding hydrogens is 419 g/mol. The van der Waals surface area contributed by atoms with Gasteiger partial charge < -0.3 is 15.5 Å². The fraction of sp³-hybridized carbons (Fsp3) is 0.522. The summed E-state index contributed by atoms with van der Waals surface area (Å²) in [4.78, 5) is 25.8. The summed E-state index contributed by atoms with van der Waals surface area (Å²) in [5.41, 5.74) is 7.11. The number of rotatable bonds is 3. The molecule has 0 saturated carbocycles. The van der Waals surface area contributed by atoms with E-state index in [0.29, 0.717) is 23.4 Å². The number of hydrogen-bond acceptors (Lipinski definition) is 5. The minimum Gasteiger partial charge on any atom is -0.368 e. The maximum atomic E-state index is 13.1. The van der Waals surface area contributed by atoms with E-state index in [-0.39, 0.29) is 23.7 Å². The number of aromatic nitrogens is 2. The van der Waals surface area contributed by atoms with E-state index in [2.05, 4.69) is 21.9 Å². The summed E-state index contributed by atoms with van der Waals surface area (Å²) < 4.78 is 38.9. The van der Waals surface area contributed by atoms with Gasteiger partial charge >= 0.3 is 6.18 Å². The quantitative estimate of drug-likeness (QED) is 0.775. The van der Waals surface area contributed by atoms with Gasteiger partial charge in [-0.2, -0.15) is 13.2 Å². The molecule has 0 radical (unpaired) electrons. The number of carbonyl (C=O) groups excluding carboxylic acids is 1. The molecule has 1 atom stereocenters. The van der Waals surface area contributed by atoms with Crippen molar-refractivity contribution in [3.8, 4) is 11.1 Å². The highest BCUT2D eigenvalue weighted by Gasteiger charge is 2.33. The standard InChI is InChI=1S/C23H28F3N5O/c1-30-11-8-16(9-12-30)21(32)31-10-2-3-17(14-31)20-19(13-28-22(27)29-20)15-4-6-18(7-5-15)23(24,25)26/h4-7,13,16-17H,2-3,8-12,14H2,1H3,(H2,27,28,29). The summed E-state index contributed by atoms with van der Waals surface area (Å²) >= 11 is 0. The van der Waals surface area contributed by atoms with Crippen molar-refractivity contribution >= 4 is 11.9 Å². The van der Waals surface area contributed by atoms with Gasteiger partial charge in [-0.25, -0.2) is 9.97 Å². The van der Waals surface area contributed by atoms with Gasteiger partial charge in [0, 0.05) is 36.7 Å². The van der Waals surface area contributed by atoms with Crippen LogP contribution in [0.4, 0.5) is 19.1 Å². The zero-order chi connectivity index (χ0) is 22.9. The summed E-state index contributed by atoms with van der Waals surface area (Å²) in [7, 11) is 2.07. The SMILES string of the molecule is CN1CCC(C(=O)N2CCCC(c3nc(N)ncc3-c3ccc(C(F)(F)F)cc3)C2)CC1. The molecule has 3 heterocycles. The Morgan fingerprint density at radius 2 is 1.78 bits per heavy atom. The maximum absolute atomic E-state index is 13.1. The van der Waals surface area contributed by atoms with Gasteiger partial charge in [-0.3, -0.25) is 4.79 Å². The van der Waals surface area contributed by atoms with Crippen molar-refractivity contribution in [3.05, 3.63) is 41.7 Å². The van der Waals surface area contributed by atoms with Crippen molar-refractivity contribution in [1.82, 2.24) is 19.8 Å². The van der Waals surface area contributed by atoms with Gasteiger partial charge in [0.25, 0.3) is 0 Å². The molecule has 1 amide bonds. The zero-order valence-electron chi connectivity index (χ0n) is 18.1. The van der Waals surface area contributed by atoms with Crippen molar-refractivity contribution in [1.29, 1.82) is 0 Å². The largest absolute Gasteiger partial charge is 0.416 e. The minimum atomic E-state index is -4.39. The molecule has 2 aliphatic rings. The Morgan fingerprint density at radius 1 is 1.09 bits per heavy atom. The Balaban J connectivity index is 1.56. The third-order valence-corrected chi connectivity index (χ3v) is 6.55. The highest BCUT2D eigenvalue weighted by molar-refractivity contribution is 5.79. The monoisotopic (exact) mass is 447 g/mol. The first kappa shape index (κ1) is 22.5. The van der Waals surface area contributed by atoms with Gasteiger partial charge in [0.15, 0.2) is 0 Å². The molecule has 32 heavy (non-hydrogen) atoms. The van der Waals surface area contributed by atoms with Crippen LogP contribution >= 0.6 is 0 Å². The average Bonchev–Trinajstić information content (AvgIpc) is 2.79. The van der Waals surface area contributed by atoms with Gasteiger partial charge in [-0.05, 0) is 63.5 Å². The Kier molecular flexibility index (Phi) is 6.37. The first-order chi connectivity index (χ1) is 15.2. The summed E-state index contributed by atoms with van der Waals surface area (Å²) in [6, 6.07) is 5.00. The van der Waals surface area contributed by atoms with Gasteiger partial charge in [0.05, 0.1) is 11.3 Å². The molecule has 2 N–H and O–H groups in total. The molecule has 1 aromatic heterocycles. The first-order valence-electron chi connectivity index (χ1n) is 11.0. The van der Waals surface area contributed by atoms with Gasteiger partial charge in [-0.1, -0.05) is 12.1 Å². The average molecular weight is 448 g/mol. The van der Waals surface area contributed by atoms with Crippen LogP contribution in [0.2, 0.25) is 0 Å². The molecule has 6 nitrogen and oxygen atoms in total. The fourth-order valence-corrected chi connectivity index (χ4v) is 4.70. The molecular formula is C23H28F3N5O. The van der Waals surface area contributed by atoms with E-state index in [1.54, 1.807) is 6.20 Å². The topological polar surface area (TPSA) is 75.4 Å². The molecule has 2 aromatic rings. The maximum Gasteiger partial charge on any atom is 0.416 e. The predicted octanol–water partition coefficient (Wildman–Crippen LogP) is 3.79. The molecule has 0 bridgehead atoms. The van der Waals surface area contributed by atoms with Crippen LogP contribution in [0.25, 0.3) is 11.1 Å². The number of piperidine rings is 2. The van der Waals surface area contributed by atoms with Crippen LogP contribution in [0.5, 0.6) is 0 Å². The smallest absolute Gasteiger partial charge is 0.368 e. The highest BCUT2D eigenvalue weighted by atomic mass is 19.4. The third kappa shape index (κ3) is 4.87. The number of benzene rings is 1. The van der Waals surface area contributed by atoms with Crippen LogP contribution < -0.4 is 5.73 Å². The van der Waals surface area contributed by atoms with Crippen LogP contribution in [-0.2, 0) is 11.0 Å². The molecule has 2 saturated heterocycles. The predicted molar refractivity (Wildman–Crippen MR) is 116 cm³/mol. The second-order valence-electron chi connectivity index (χ2n) is 8.80. The van der Waals surface area contributed by atoms with Crippen LogP contribution in [-0.4, -0.2) is 58.9 Å². The summed E-state index contributed by atoms with van der Waals surface area (Å²) in [5.74, 6) is 0.326. The fourth-order valence-electron chi connectivity index (χ4n) is 4.70. The molecule has 4 rings (SSSR count). The third-order valence-electron chi connectivity index (χ3n) is 6.55. The summed E-state index contributed by atoms with van der Waals surface area (Å²) in [6.07, 6.45) is 0.595. The zero-order valence-corrected chi connectivity index (χ0v) is 18.1. The van der Waals surface area contributed by atoms with E-state index in [0.717, 1.165) is 57.5 Å². The van der Waals surface area contributed by atoms with Crippen molar-refractivity contribution in [2.45, 2.75) is 37.8 Å². The van der Waals surface area contributed by atoms with E-state index in [9.17, 15) is 18.0 Å². The van der Waals surface area contributed by atoms with Gasteiger partial charge in [0.1, 0.15) is 0 Å². The number of likely N-dealkylation sites (tertiary alicyclic amines) is 2. The van der Waals surface area contributed by atoms with Crippen LogP contribution in [0.1, 0.15) is 42.9 Å². The molecule has 1 aromatic carbocycles. The first-order valence-corrected chi connectivity index (χ1v) is 11.0. The number of anilines is 1. The van der Waals surface area contributed by atoms with Crippen LogP contribution in [0, 0.1) is 5.92 Å². The minimum absolute atomic E-state index is 0.0402. The van der Waals surface area contributed by atoms with E-state index in [4.69, 9.17) is 5.73 Å². The molecule has 1 unspecified atom stereocenters. The normalized spacial score (nSPS) is 21.0. The van der Waals surface area contributed by atoms with Crippen LogP contribution in [0.3, 0.4) is 0 Å². The second-order valence-corrected chi connectivity index (χ2v) is 8.80. The summed E-state index contributed by atoms with van der Waals surface area (Å²) in [6.45, 7) is 3.11. The lowest BCUT2D eigenvalue weighted by Crippen LogP contribution is -2.45. The van der Waals surface area contributed by atoms with Crippen molar-refractivity contribution in [2.24, 2.45) is 5.92 Å². The Bertz CT molecular complexity index is 955. The number of hydrogen-bond donors (Lipinski definition) is 1. The number of nitrogen functional groups attached to an aromatic ring is 1. The second kappa shape index (κ2) is 9.05. The number of nitrogens with two attached hydrogens (primary N) is 1. The lowest BCUT2D eigenvalue weighted by Gasteiger charge is -2.37. The van der Waals surface area contributed by atoms with E-state index >= 15 is 0 Å². The lowest BCUT2D eigenvalue weighted by molar-refractivity contribution is -0.138. The number of alkyl halides is 3. The van der Waals surface area contributed by atoms with E-state index in [1.165, 1.54) is 12.1 Å². The summed E-state index contributed by atoms with van der Waals surface area (Å²) in [5, 5.41) is 0. The number of carbonyl (C=O) groups is 1. The van der Waals surface area contributed by atoms with Gasteiger partial charge in [0.2, 0.25) is 11.9 Å². The molecule has 2 aliphatic heterocycles. The Labute approximate surface area is 185 Å². The molecule has 2 fully saturated rings. The van der Waals surface area contributed by atoms with E-state index < -0.39 is 11.7 Å². The molecule has 172 valence electrons. The van der Waals surface area contributed by atoms with Gasteiger partial charge in [-0.15, -0.1) is 0 Å². The van der Waals surface area contributed by atoms with Crippen molar-refractivity contribution in [2.75, 3.05) is 39.0 Å². The molecule has 0 spiro atoms. The highest BCUT2D eigenvalue weighted by Crippen LogP contribution is 2.36. The van der Waals surface area contributed by atoms with Crippen LogP contribution in [0.15, 0.2) is 30.5 Å². The number of nitrogens with zero attached hydrogens (tertiary/aromatic N) is 4. The number of amides is 1. The lowest BCUT2D eigenvalue weighted by atomic mass is 9.88. The van der Waals surface area contributed by atoms with E-state index in [1.807, 2.05) is 4.90 Å². The molecule has 9 heteroatoms. The Hall–Kier alpha value is -2.68. The number of halogens is 3.